The first kappa shape index (κ1) is 42.6. The Morgan fingerprint density at radius 3 is 2.34 bits per heavy atom. The van der Waals surface area contributed by atoms with Gasteiger partial charge in [-0.15, -0.1) is 20.7 Å². The SMILES string of the molecule is Cn1n[n+](-c2ccc(-c3nc(CCc4ccccc4)cs3)c(OCCN3CCNC3=O)c2)cc1CCCN.O=C(O)C(F)(F)F.O=S(=O)([O-])C(F)(F)F. The first-order valence-corrected chi connectivity index (χ1v) is 17.8. The summed E-state index contributed by atoms with van der Waals surface area (Å²) in [5.74, 6) is -2.03. The first-order valence-electron chi connectivity index (χ1n) is 15.6. The highest BCUT2D eigenvalue weighted by Crippen LogP contribution is 2.34. The molecule has 0 radical (unpaired) electrons. The zero-order valence-electron chi connectivity index (χ0n) is 27.9. The molecule has 53 heavy (non-hydrogen) atoms. The number of urea groups is 1. The number of rotatable bonds is 12. The van der Waals surface area contributed by atoms with Crippen molar-refractivity contribution in [2.75, 3.05) is 32.8 Å². The number of benzene rings is 2. The van der Waals surface area contributed by atoms with Crippen LogP contribution in [0.1, 0.15) is 23.4 Å². The van der Waals surface area contributed by atoms with Crippen molar-refractivity contribution in [2.24, 2.45) is 12.8 Å². The monoisotopic (exact) mass is 795 g/mol. The molecule has 4 N–H and O–H groups in total. The maximum Gasteiger partial charge on any atom is 0.490 e. The molecule has 1 saturated heterocycles. The van der Waals surface area contributed by atoms with Crippen molar-refractivity contribution >= 4 is 33.5 Å². The summed E-state index contributed by atoms with van der Waals surface area (Å²) in [6.45, 7) is 2.93. The first-order chi connectivity index (χ1) is 24.8. The Bertz CT molecular complexity index is 1920. The number of carboxylic acids is 1. The van der Waals surface area contributed by atoms with Crippen LogP contribution in [0.2, 0.25) is 0 Å². The fraction of sp³-hybridized carbons (Fsp3) is 0.387. The minimum absolute atomic E-state index is 0.0420. The number of ether oxygens (including phenoxy) is 1. The number of nitrogens with one attached hydrogen (secondary N) is 1. The predicted molar refractivity (Wildman–Crippen MR) is 177 cm³/mol. The minimum Gasteiger partial charge on any atom is -0.741 e. The highest BCUT2D eigenvalue weighted by atomic mass is 32.2. The van der Waals surface area contributed by atoms with Crippen molar-refractivity contribution in [1.29, 1.82) is 0 Å². The third-order valence-corrected chi connectivity index (χ3v) is 8.66. The third kappa shape index (κ3) is 13.3. The van der Waals surface area contributed by atoms with E-state index in [4.69, 9.17) is 38.3 Å². The van der Waals surface area contributed by atoms with Crippen molar-refractivity contribution in [3.8, 4) is 22.0 Å². The van der Waals surface area contributed by atoms with Crippen LogP contribution >= 0.6 is 11.3 Å². The number of amides is 2. The van der Waals surface area contributed by atoms with Crippen LogP contribution in [0.3, 0.4) is 0 Å². The van der Waals surface area contributed by atoms with Gasteiger partial charge in [0.25, 0.3) is 0 Å². The van der Waals surface area contributed by atoms with E-state index in [1.54, 1.807) is 16.2 Å². The van der Waals surface area contributed by atoms with Gasteiger partial charge in [0.05, 0.1) is 23.0 Å². The van der Waals surface area contributed by atoms with E-state index in [9.17, 15) is 31.1 Å². The van der Waals surface area contributed by atoms with Gasteiger partial charge in [0.15, 0.2) is 27.7 Å². The van der Waals surface area contributed by atoms with Crippen LogP contribution in [-0.4, -0.2) is 94.3 Å². The molecule has 14 nitrogen and oxygen atoms in total. The molecule has 2 aromatic heterocycles. The average Bonchev–Trinajstić information content (AvgIpc) is 3.82. The Hall–Kier alpha value is -4.80. The maximum atomic E-state index is 11.9. The molecular formula is C31H35F6N7O7S2. The molecule has 2 amide bonds. The van der Waals surface area contributed by atoms with Gasteiger partial charge in [0.1, 0.15) is 24.4 Å². The largest absolute Gasteiger partial charge is 0.741 e. The molecule has 290 valence electrons. The molecule has 22 heteroatoms. The second-order valence-corrected chi connectivity index (χ2v) is 13.3. The van der Waals surface area contributed by atoms with E-state index in [0.29, 0.717) is 32.8 Å². The summed E-state index contributed by atoms with van der Waals surface area (Å²) in [5.41, 5.74) is 5.39. The number of halogens is 6. The van der Waals surface area contributed by atoms with E-state index in [2.05, 4.69) is 40.2 Å². The van der Waals surface area contributed by atoms with Crippen molar-refractivity contribution in [3.05, 3.63) is 77.1 Å². The predicted octanol–water partition coefficient (Wildman–Crippen LogP) is 3.59. The summed E-state index contributed by atoms with van der Waals surface area (Å²) in [6.07, 6.45) is 0.570. The van der Waals surface area contributed by atoms with Gasteiger partial charge >= 0.3 is 23.7 Å². The Morgan fingerprint density at radius 2 is 1.77 bits per heavy atom. The normalized spacial score (nSPS) is 13.1. The molecule has 0 atom stereocenters. The van der Waals surface area contributed by atoms with Gasteiger partial charge in [-0.1, -0.05) is 30.3 Å². The molecule has 0 saturated carbocycles. The van der Waals surface area contributed by atoms with Gasteiger partial charge in [0.2, 0.25) is 0 Å². The number of thiazole rings is 1. The second kappa shape index (κ2) is 18.8. The summed E-state index contributed by atoms with van der Waals surface area (Å²) in [6, 6.07) is 16.5. The Labute approximate surface area is 303 Å². The van der Waals surface area contributed by atoms with E-state index in [1.165, 1.54) is 5.56 Å². The van der Waals surface area contributed by atoms with Gasteiger partial charge in [0, 0.05) is 31.0 Å². The number of aromatic nitrogens is 4. The van der Waals surface area contributed by atoms with Crippen molar-refractivity contribution in [1.82, 2.24) is 25.1 Å². The summed E-state index contributed by atoms with van der Waals surface area (Å²) in [5, 5.41) is 17.7. The second-order valence-electron chi connectivity index (χ2n) is 11.1. The Morgan fingerprint density at radius 1 is 1.11 bits per heavy atom. The molecule has 1 aliphatic heterocycles. The van der Waals surface area contributed by atoms with E-state index >= 15 is 0 Å². The zero-order valence-corrected chi connectivity index (χ0v) is 29.6. The number of aliphatic carboxylic acids is 1. The highest BCUT2D eigenvalue weighted by Gasteiger charge is 2.38. The lowest BCUT2D eigenvalue weighted by molar-refractivity contribution is -0.661. The number of aryl methyl sites for hydroxylation is 4. The number of carbonyl (C=O) groups excluding carboxylic acids is 1. The molecule has 3 heterocycles. The van der Waals surface area contributed by atoms with Gasteiger partial charge in [-0.2, -0.15) is 26.3 Å². The lowest BCUT2D eigenvalue weighted by Crippen LogP contribution is -2.33. The maximum absolute atomic E-state index is 11.9. The average molecular weight is 796 g/mol. The van der Waals surface area contributed by atoms with Crippen LogP contribution < -0.4 is 20.5 Å². The summed E-state index contributed by atoms with van der Waals surface area (Å²) in [7, 11) is -4.14. The van der Waals surface area contributed by atoms with Gasteiger partial charge < -0.3 is 30.3 Å². The lowest BCUT2D eigenvalue weighted by Gasteiger charge is -2.16. The lowest BCUT2D eigenvalue weighted by atomic mass is 10.1. The molecule has 0 unspecified atom stereocenters. The van der Waals surface area contributed by atoms with Gasteiger partial charge in [-0.3, -0.25) is 0 Å². The minimum atomic E-state index is -6.09. The zero-order chi connectivity index (χ0) is 39.4. The number of carboxylic acid groups (broad SMARTS) is 1. The number of hydrogen-bond acceptors (Lipinski definition) is 10. The van der Waals surface area contributed by atoms with Crippen LogP contribution in [0, 0.1) is 0 Å². The number of alkyl halides is 6. The summed E-state index contributed by atoms with van der Waals surface area (Å²) >= 11 is 1.62. The van der Waals surface area contributed by atoms with Crippen molar-refractivity contribution in [3.63, 3.8) is 0 Å². The van der Waals surface area contributed by atoms with Crippen LogP contribution in [0.25, 0.3) is 16.3 Å². The smallest absolute Gasteiger partial charge is 0.490 e. The fourth-order valence-corrected chi connectivity index (χ4v) is 5.37. The summed E-state index contributed by atoms with van der Waals surface area (Å²) < 4.78 is 101. The number of hydrogen-bond donors (Lipinski definition) is 3. The molecule has 1 aliphatic rings. The van der Waals surface area contributed by atoms with E-state index < -0.39 is 27.8 Å². The van der Waals surface area contributed by atoms with Crippen LogP contribution in [-0.2, 0) is 41.2 Å². The highest BCUT2D eigenvalue weighted by molar-refractivity contribution is 7.86. The molecule has 0 aliphatic carbocycles. The summed E-state index contributed by atoms with van der Waals surface area (Å²) in [4.78, 5) is 27.5. The van der Waals surface area contributed by atoms with E-state index in [-0.39, 0.29) is 6.03 Å². The molecule has 4 aromatic rings. The van der Waals surface area contributed by atoms with Crippen molar-refractivity contribution < 1.29 is 63.4 Å². The van der Waals surface area contributed by atoms with Crippen LogP contribution in [0.5, 0.6) is 5.75 Å². The third-order valence-electron chi connectivity index (χ3n) is 7.17. The fourth-order valence-electron chi connectivity index (χ4n) is 4.49. The number of nitrogens with zero attached hydrogens (tertiary/aromatic N) is 5. The topological polar surface area (TPSA) is 197 Å². The van der Waals surface area contributed by atoms with Crippen molar-refractivity contribution in [2.45, 2.75) is 37.4 Å². The van der Waals surface area contributed by atoms with Gasteiger partial charge in [-0.25, -0.2) is 23.0 Å². The van der Waals surface area contributed by atoms with E-state index in [1.807, 2.05) is 46.9 Å². The molecule has 0 spiro atoms. The Kier molecular flexibility index (Phi) is 15.1. The van der Waals surface area contributed by atoms with Crippen LogP contribution in [0.15, 0.2) is 60.1 Å². The van der Waals surface area contributed by atoms with Crippen LogP contribution in [0.4, 0.5) is 31.1 Å². The Balaban J connectivity index is 0.000000424. The molecule has 1 fully saturated rings. The van der Waals surface area contributed by atoms with Gasteiger partial charge in [-0.05, 0) is 43.5 Å². The molecule has 0 bridgehead atoms. The molecule has 5 rings (SSSR count). The molecule has 2 aromatic carbocycles. The molecular weight excluding hydrogens is 761 g/mol. The number of carbonyl (C=O) groups is 2. The standard InChI is InChI=1S/C28H33N7O2S.C2HF3O2.CHF3O3S/c1-33-24(8-5-13-29)19-35(32-33)23-11-12-25(26(18-23)37-17-16-34-15-14-30-28(34)36)27-31-22(20-38-27)10-9-21-6-3-2-4-7-21;3-2(4,5)1(6)7;2-1(3,4)8(5,6)7/h2-4,6-7,11-12,18-20H,5,8-10,13-17,29H2,1H3;(H,6,7);(H,5,6,7). The quantitative estimate of drug-likeness (QED) is 0.0825. The number of nitrogens with two attached hydrogens (primary N) is 1. The van der Waals surface area contributed by atoms with E-state index in [0.717, 1.165) is 59.1 Å².